The monoisotopic (exact) mass is 683 g/mol. The molecule has 2 fully saturated rings. The van der Waals surface area contributed by atoms with Crippen LogP contribution in [0, 0.1) is 5.82 Å². The van der Waals surface area contributed by atoms with Crippen LogP contribution in [0.3, 0.4) is 0 Å². The number of anilines is 1. The van der Waals surface area contributed by atoms with Gasteiger partial charge in [-0.2, -0.15) is 0 Å². The number of halogens is 1. The van der Waals surface area contributed by atoms with Crippen LogP contribution in [0.25, 0.3) is 16.7 Å². The summed E-state index contributed by atoms with van der Waals surface area (Å²) in [4.78, 5) is 42.2. The van der Waals surface area contributed by atoms with Gasteiger partial charge in [-0.05, 0) is 87.6 Å². The number of nitrogens with one attached hydrogen (secondary N) is 3. The molecule has 1 unspecified atom stereocenters. The number of nitrogens with zero attached hydrogens (tertiary/aromatic N) is 4. The van der Waals surface area contributed by atoms with Crippen molar-refractivity contribution in [2.24, 2.45) is 4.99 Å². The van der Waals surface area contributed by atoms with E-state index in [-0.39, 0.29) is 23.1 Å². The van der Waals surface area contributed by atoms with Gasteiger partial charge in [0.25, 0.3) is 5.91 Å². The summed E-state index contributed by atoms with van der Waals surface area (Å²) < 4.78 is 21.8. The van der Waals surface area contributed by atoms with E-state index in [1.807, 2.05) is 41.4 Å². The summed E-state index contributed by atoms with van der Waals surface area (Å²) in [6.07, 6.45) is 9.48. The SMILES string of the molecule is CCN(CC)CCN1CCCN(C(=O)c2cc(C3=C/CCc4c(-c5ccccc5OC)c[nH]c4/N=C\3)cc(F)c2NC(=O)C2CCCN2)CC1. The van der Waals surface area contributed by atoms with Crippen molar-refractivity contribution in [2.45, 2.75) is 52.0 Å². The number of aromatic nitrogens is 1. The zero-order valence-corrected chi connectivity index (χ0v) is 29.6. The lowest BCUT2D eigenvalue weighted by Crippen LogP contribution is -2.39. The molecule has 3 aromatic rings. The fourth-order valence-corrected chi connectivity index (χ4v) is 7.25. The molecule has 3 aliphatic rings. The number of ether oxygens (including phenoxy) is 1. The van der Waals surface area contributed by atoms with Crippen LogP contribution in [-0.4, -0.2) is 110 Å². The molecule has 6 rings (SSSR count). The molecular formula is C39H50FN7O3. The van der Waals surface area contributed by atoms with Crippen molar-refractivity contribution in [3.8, 4) is 16.9 Å². The Hall–Kier alpha value is -4.32. The number of amides is 2. The molecule has 11 heteroatoms. The van der Waals surface area contributed by atoms with Crippen LogP contribution < -0.4 is 15.4 Å². The van der Waals surface area contributed by atoms with Crippen LogP contribution in [0.1, 0.15) is 61.0 Å². The quantitative estimate of drug-likeness (QED) is 0.238. The minimum Gasteiger partial charge on any atom is -0.496 e. The van der Waals surface area contributed by atoms with Gasteiger partial charge in [0, 0.05) is 61.8 Å². The molecular weight excluding hydrogens is 633 g/mol. The second kappa shape index (κ2) is 16.6. The van der Waals surface area contributed by atoms with Crippen LogP contribution in [0.15, 0.2) is 53.7 Å². The van der Waals surface area contributed by atoms with Crippen LogP contribution in [0.4, 0.5) is 15.9 Å². The Morgan fingerprint density at radius 3 is 2.70 bits per heavy atom. The molecule has 0 saturated carbocycles. The number of methoxy groups -OCH3 is 1. The number of fused-ring (bicyclic) bond motifs is 1. The topological polar surface area (TPSA) is 105 Å². The van der Waals surface area contributed by atoms with E-state index in [0.29, 0.717) is 43.5 Å². The first-order valence-corrected chi connectivity index (χ1v) is 18.1. The van der Waals surface area contributed by atoms with Crippen molar-refractivity contribution in [3.63, 3.8) is 0 Å². The maximum atomic E-state index is 16.2. The van der Waals surface area contributed by atoms with Gasteiger partial charge in [-0.25, -0.2) is 9.38 Å². The van der Waals surface area contributed by atoms with Crippen LogP contribution in [0.2, 0.25) is 0 Å². The molecule has 0 aliphatic carbocycles. The lowest BCUT2D eigenvalue weighted by Gasteiger charge is -2.26. The van der Waals surface area contributed by atoms with Crippen LogP contribution >= 0.6 is 0 Å². The highest BCUT2D eigenvalue weighted by atomic mass is 19.1. The van der Waals surface area contributed by atoms with Crippen LogP contribution in [-0.2, 0) is 11.2 Å². The minimum absolute atomic E-state index is 0.0587. The van der Waals surface area contributed by atoms with E-state index in [4.69, 9.17) is 9.73 Å². The van der Waals surface area contributed by atoms with Gasteiger partial charge < -0.3 is 35.1 Å². The Kier molecular flexibility index (Phi) is 11.8. The highest BCUT2D eigenvalue weighted by Crippen LogP contribution is 2.38. The first-order valence-electron chi connectivity index (χ1n) is 18.1. The number of aromatic amines is 1. The Balaban J connectivity index is 1.27. The Bertz CT molecular complexity index is 1720. The number of hydrogen-bond donors (Lipinski definition) is 3. The van der Waals surface area contributed by atoms with E-state index in [9.17, 15) is 9.59 Å². The number of carbonyl (C=O) groups is 2. The molecule has 2 saturated heterocycles. The van der Waals surface area contributed by atoms with E-state index in [1.165, 1.54) is 6.07 Å². The van der Waals surface area contributed by atoms with Crippen molar-refractivity contribution in [3.05, 3.63) is 71.2 Å². The third-order valence-electron chi connectivity index (χ3n) is 10.2. The summed E-state index contributed by atoms with van der Waals surface area (Å²) in [6, 6.07) is 10.6. The molecule has 0 radical (unpaired) electrons. The highest BCUT2D eigenvalue weighted by molar-refractivity contribution is 6.13. The van der Waals surface area contributed by atoms with Crippen molar-refractivity contribution in [2.75, 3.05) is 71.3 Å². The molecule has 10 nitrogen and oxygen atoms in total. The second-order valence-electron chi connectivity index (χ2n) is 13.2. The van der Waals surface area contributed by atoms with Gasteiger partial charge in [0.15, 0.2) is 0 Å². The van der Waals surface area contributed by atoms with Gasteiger partial charge in [0.05, 0.1) is 24.4 Å². The summed E-state index contributed by atoms with van der Waals surface area (Å²) in [5, 5.41) is 5.97. The highest BCUT2D eigenvalue weighted by Gasteiger charge is 2.29. The molecule has 0 bridgehead atoms. The summed E-state index contributed by atoms with van der Waals surface area (Å²) in [5.74, 6) is 0.289. The van der Waals surface area contributed by atoms with Gasteiger partial charge in [0.2, 0.25) is 5.91 Å². The Morgan fingerprint density at radius 1 is 1.08 bits per heavy atom. The summed E-state index contributed by atoms with van der Waals surface area (Å²) in [6.45, 7) is 11.8. The van der Waals surface area contributed by atoms with Gasteiger partial charge in [-0.3, -0.25) is 9.59 Å². The summed E-state index contributed by atoms with van der Waals surface area (Å²) in [5.41, 5.74) is 4.46. The maximum Gasteiger partial charge on any atom is 0.256 e. The number of hydrogen-bond acceptors (Lipinski definition) is 7. The lowest BCUT2D eigenvalue weighted by atomic mass is 9.96. The van der Waals surface area contributed by atoms with E-state index in [1.54, 1.807) is 19.4 Å². The number of rotatable bonds is 11. The van der Waals surface area contributed by atoms with E-state index < -0.39 is 11.9 Å². The number of likely N-dealkylation sites (N-methyl/N-ethyl adjacent to an activating group) is 1. The van der Waals surface area contributed by atoms with Crippen molar-refractivity contribution in [1.29, 1.82) is 0 Å². The Morgan fingerprint density at radius 2 is 1.92 bits per heavy atom. The van der Waals surface area contributed by atoms with E-state index in [2.05, 4.69) is 39.3 Å². The summed E-state index contributed by atoms with van der Waals surface area (Å²) in [7, 11) is 1.67. The Labute approximate surface area is 294 Å². The minimum atomic E-state index is -0.636. The largest absolute Gasteiger partial charge is 0.496 e. The molecule has 4 heterocycles. The molecule has 0 spiro atoms. The zero-order valence-electron chi connectivity index (χ0n) is 29.6. The second-order valence-corrected chi connectivity index (χ2v) is 13.2. The average molecular weight is 684 g/mol. The van der Waals surface area contributed by atoms with Gasteiger partial charge in [-0.15, -0.1) is 0 Å². The molecule has 2 aromatic carbocycles. The van der Waals surface area contributed by atoms with Gasteiger partial charge in [0.1, 0.15) is 17.4 Å². The zero-order chi connectivity index (χ0) is 35.0. The standard InChI is InChI=1S/C39H50FN7O3/c1-4-45(5-2)19-20-46-17-10-18-47(22-21-46)39(49)31-23-28(24-33(40)36(31)44-38(48)34-14-9-16-41-34)27-11-8-13-30-32(26-43-37(30)42-25-27)29-12-6-7-15-35(29)50-3/h6-7,11-12,15,23-26,34,41,43H,4-5,8-10,13-14,16-22H2,1-3H3,(H,44,48)/b27-11+,42-25-. The number of carbonyl (C=O) groups excluding carboxylic acids is 2. The number of para-hydroxylation sites is 1. The third kappa shape index (κ3) is 8.01. The predicted molar refractivity (Wildman–Crippen MR) is 198 cm³/mol. The first kappa shape index (κ1) is 35.5. The number of allylic oxidation sites excluding steroid dienone is 2. The molecule has 266 valence electrons. The molecule has 50 heavy (non-hydrogen) atoms. The van der Waals surface area contributed by atoms with Crippen molar-refractivity contribution >= 4 is 35.1 Å². The number of benzene rings is 2. The molecule has 3 aliphatic heterocycles. The molecule has 1 atom stereocenters. The van der Waals surface area contributed by atoms with Crippen molar-refractivity contribution in [1.82, 2.24) is 25.0 Å². The van der Waals surface area contributed by atoms with Gasteiger partial charge >= 0.3 is 0 Å². The normalized spacial score (nSPS) is 20.0. The summed E-state index contributed by atoms with van der Waals surface area (Å²) >= 11 is 0. The van der Waals surface area contributed by atoms with E-state index >= 15 is 4.39 Å². The fraction of sp³-hybridized carbons (Fsp3) is 0.462. The number of H-pyrrole nitrogens is 1. The average Bonchev–Trinajstić information content (AvgIpc) is 3.74. The lowest BCUT2D eigenvalue weighted by molar-refractivity contribution is -0.117. The van der Waals surface area contributed by atoms with Crippen LogP contribution in [0.5, 0.6) is 5.75 Å². The molecule has 1 aromatic heterocycles. The predicted octanol–water partition coefficient (Wildman–Crippen LogP) is 5.74. The molecule has 2 amide bonds. The fourth-order valence-electron chi connectivity index (χ4n) is 7.25. The third-order valence-corrected chi connectivity index (χ3v) is 10.2. The van der Waals surface area contributed by atoms with Gasteiger partial charge in [-0.1, -0.05) is 38.1 Å². The van der Waals surface area contributed by atoms with E-state index in [0.717, 1.165) is 86.9 Å². The maximum absolute atomic E-state index is 16.2. The number of aliphatic imine (C=N–C) groups is 1. The smallest absolute Gasteiger partial charge is 0.256 e. The molecule has 3 N–H and O–H groups in total. The van der Waals surface area contributed by atoms with Crippen molar-refractivity contribution < 1.29 is 18.7 Å². The first-order chi connectivity index (χ1) is 24.4.